The quantitative estimate of drug-likeness (QED) is 0.865. The van der Waals surface area contributed by atoms with E-state index in [1.807, 2.05) is 24.1 Å². The third-order valence-corrected chi connectivity index (χ3v) is 2.83. The maximum atomic E-state index is 13.6. The zero-order valence-corrected chi connectivity index (χ0v) is 12.1. The second kappa shape index (κ2) is 6.19. The van der Waals surface area contributed by atoms with Crippen LogP contribution in [-0.2, 0) is 0 Å². The molecule has 0 spiro atoms. The Bertz CT molecular complexity index is 371. The minimum absolute atomic E-state index is 0.130. The van der Waals surface area contributed by atoms with Crippen molar-refractivity contribution in [1.29, 1.82) is 0 Å². The highest BCUT2D eigenvalue weighted by Gasteiger charge is 2.14. The Morgan fingerprint density at radius 2 is 1.89 bits per heavy atom. The Labute approximate surface area is 110 Å². The first-order valence-electron chi connectivity index (χ1n) is 6.50. The summed E-state index contributed by atoms with van der Waals surface area (Å²) in [4.78, 5) is 1.98. The lowest BCUT2D eigenvalue weighted by atomic mass is 10.1. The van der Waals surface area contributed by atoms with E-state index < -0.39 is 0 Å². The van der Waals surface area contributed by atoms with Gasteiger partial charge in [-0.25, -0.2) is 4.39 Å². The Morgan fingerprint density at radius 3 is 2.44 bits per heavy atom. The van der Waals surface area contributed by atoms with Gasteiger partial charge in [0.1, 0.15) is 5.82 Å². The molecule has 0 amide bonds. The number of nitrogens with one attached hydrogen (secondary N) is 1. The largest absolute Gasteiger partial charge is 0.372 e. The monoisotopic (exact) mass is 252 g/mol. The molecule has 102 valence electrons. The van der Waals surface area contributed by atoms with Gasteiger partial charge in [-0.1, -0.05) is 19.1 Å². The minimum Gasteiger partial charge on any atom is -0.372 e. The summed E-state index contributed by atoms with van der Waals surface area (Å²) in [6.45, 7) is 10.4. The zero-order chi connectivity index (χ0) is 13.8. The van der Waals surface area contributed by atoms with E-state index in [2.05, 4.69) is 33.0 Å². The fourth-order valence-electron chi connectivity index (χ4n) is 1.87. The molecule has 1 rings (SSSR count). The van der Waals surface area contributed by atoms with Crippen LogP contribution in [0.5, 0.6) is 0 Å². The van der Waals surface area contributed by atoms with Gasteiger partial charge in [-0.2, -0.15) is 0 Å². The van der Waals surface area contributed by atoms with Gasteiger partial charge in [-0.05, 0) is 45.4 Å². The van der Waals surface area contributed by atoms with Gasteiger partial charge in [0.15, 0.2) is 0 Å². The highest BCUT2D eigenvalue weighted by Crippen LogP contribution is 2.18. The van der Waals surface area contributed by atoms with E-state index in [0.717, 1.165) is 13.1 Å². The zero-order valence-electron chi connectivity index (χ0n) is 12.1. The molecule has 0 saturated carbocycles. The van der Waals surface area contributed by atoms with Crippen molar-refractivity contribution < 1.29 is 4.39 Å². The lowest BCUT2D eigenvalue weighted by Gasteiger charge is -2.27. The van der Waals surface area contributed by atoms with Crippen LogP contribution in [0.15, 0.2) is 24.3 Å². The summed E-state index contributed by atoms with van der Waals surface area (Å²) in [7, 11) is 1.94. The van der Waals surface area contributed by atoms with Gasteiger partial charge in [0, 0.05) is 19.1 Å². The molecule has 18 heavy (non-hydrogen) atoms. The van der Waals surface area contributed by atoms with Gasteiger partial charge in [-0.15, -0.1) is 0 Å². The number of anilines is 1. The van der Waals surface area contributed by atoms with Gasteiger partial charge >= 0.3 is 0 Å². The van der Waals surface area contributed by atoms with Crippen molar-refractivity contribution in [2.45, 2.75) is 33.2 Å². The van der Waals surface area contributed by atoms with Crippen LogP contribution in [0, 0.1) is 11.7 Å². The third kappa shape index (κ3) is 5.05. The van der Waals surface area contributed by atoms with Crippen LogP contribution in [-0.4, -0.2) is 25.7 Å². The van der Waals surface area contributed by atoms with Gasteiger partial charge in [-0.3, -0.25) is 0 Å². The molecule has 0 fully saturated rings. The molecule has 1 unspecified atom stereocenters. The van der Waals surface area contributed by atoms with Crippen molar-refractivity contribution in [3.63, 3.8) is 0 Å². The highest BCUT2D eigenvalue weighted by atomic mass is 19.1. The second-order valence-corrected chi connectivity index (χ2v) is 6.07. The number of rotatable bonds is 5. The Kier molecular flexibility index (Phi) is 5.15. The summed E-state index contributed by atoms with van der Waals surface area (Å²) in [5.74, 6) is 0.310. The van der Waals surface area contributed by atoms with E-state index in [-0.39, 0.29) is 11.4 Å². The Balaban J connectivity index is 2.50. The third-order valence-electron chi connectivity index (χ3n) is 2.83. The molecule has 3 heteroatoms. The maximum absolute atomic E-state index is 13.6. The predicted molar refractivity (Wildman–Crippen MR) is 76.6 cm³/mol. The van der Waals surface area contributed by atoms with E-state index in [9.17, 15) is 4.39 Å². The average molecular weight is 252 g/mol. The normalized spacial score (nSPS) is 13.4. The summed E-state index contributed by atoms with van der Waals surface area (Å²) >= 11 is 0. The lowest BCUT2D eigenvalue weighted by Crippen LogP contribution is -2.41. The molecule has 1 N–H and O–H groups in total. The smallest absolute Gasteiger partial charge is 0.146 e. The first-order chi connectivity index (χ1) is 8.29. The van der Waals surface area contributed by atoms with Crippen molar-refractivity contribution >= 4 is 5.69 Å². The molecule has 1 aromatic carbocycles. The van der Waals surface area contributed by atoms with Crippen LogP contribution >= 0.6 is 0 Å². The number of hydrogen-bond acceptors (Lipinski definition) is 2. The Hall–Kier alpha value is -1.09. The number of halogens is 1. The van der Waals surface area contributed by atoms with Crippen LogP contribution in [0.1, 0.15) is 27.7 Å². The molecule has 0 aliphatic heterocycles. The topological polar surface area (TPSA) is 15.3 Å². The molecule has 0 aliphatic rings. The van der Waals surface area contributed by atoms with Crippen LogP contribution in [0.25, 0.3) is 0 Å². The molecule has 1 aromatic rings. The molecular formula is C15H25FN2. The van der Waals surface area contributed by atoms with Crippen molar-refractivity contribution in [2.75, 3.05) is 25.0 Å². The molecular weight excluding hydrogens is 227 g/mol. The van der Waals surface area contributed by atoms with Crippen LogP contribution in [0.2, 0.25) is 0 Å². The first-order valence-corrected chi connectivity index (χ1v) is 6.50. The summed E-state index contributed by atoms with van der Waals surface area (Å²) in [5, 5.41) is 3.47. The molecule has 0 saturated heterocycles. The van der Waals surface area contributed by atoms with Gasteiger partial charge < -0.3 is 10.2 Å². The highest BCUT2D eigenvalue weighted by molar-refractivity contribution is 5.46. The molecule has 0 aromatic heterocycles. The summed E-state index contributed by atoms with van der Waals surface area (Å²) in [6.07, 6.45) is 0. The fourth-order valence-corrected chi connectivity index (χ4v) is 1.87. The van der Waals surface area contributed by atoms with E-state index in [4.69, 9.17) is 0 Å². The maximum Gasteiger partial charge on any atom is 0.146 e. The first kappa shape index (κ1) is 15.0. The minimum atomic E-state index is -0.156. The molecule has 0 heterocycles. The number of para-hydroxylation sites is 1. The van der Waals surface area contributed by atoms with Crippen molar-refractivity contribution in [3.8, 4) is 0 Å². The van der Waals surface area contributed by atoms with Gasteiger partial charge in [0.25, 0.3) is 0 Å². The van der Waals surface area contributed by atoms with E-state index >= 15 is 0 Å². The number of nitrogens with zero attached hydrogens (tertiary/aromatic N) is 1. The van der Waals surface area contributed by atoms with E-state index in [1.54, 1.807) is 6.07 Å². The van der Waals surface area contributed by atoms with Crippen LogP contribution < -0.4 is 10.2 Å². The van der Waals surface area contributed by atoms with Crippen molar-refractivity contribution in [2.24, 2.45) is 5.92 Å². The predicted octanol–water partition coefficient (Wildman–Crippen LogP) is 3.29. The lowest BCUT2D eigenvalue weighted by molar-refractivity contribution is 0.383. The Morgan fingerprint density at radius 1 is 1.28 bits per heavy atom. The van der Waals surface area contributed by atoms with Crippen molar-refractivity contribution in [1.82, 2.24) is 5.32 Å². The average Bonchev–Trinajstić information content (AvgIpc) is 2.26. The van der Waals surface area contributed by atoms with Gasteiger partial charge in [0.2, 0.25) is 0 Å². The standard InChI is InChI=1S/C15H25FN2/c1-12(10-17-15(2,3)4)11-18(5)14-9-7-6-8-13(14)16/h6-9,12,17H,10-11H2,1-5H3. The molecule has 0 aliphatic carbocycles. The molecule has 1 atom stereocenters. The molecule has 0 bridgehead atoms. The summed E-state index contributed by atoms with van der Waals surface area (Å²) < 4.78 is 13.6. The van der Waals surface area contributed by atoms with Crippen LogP contribution in [0.4, 0.5) is 10.1 Å². The summed E-state index contributed by atoms with van der Waals surface area (Å²) in [6, 6.07) is 6.91. The van der Waals surface area contributed by atoms with Gasteiger partial charge in [0.05, 0.1) is 5.69 Å². The molecule has 2 nitrogen and oxygen atoms in total. The van der Waals surface area contributed by atoms with Crippen molar-refractivity contribution in [3.05, 3.63) is 30.1 Å². The van der Waals surface area contributed by atoms with Crippen LogP contribution in [0.3, 0.4) is 0 Å². The molecule has 0 radical (unpaired) electrons. The van der Waals surface area contributed by atoms with E-state index in [1.165, 1.54) is 6.07 Å². The SMILES string of the molecule is CC(CNC(C)(C)C)CN(C)c1ccccc1F. The number of hydrogen-bond donors (Lipinski definition) is 1. The number of benzene rings is 1. The summed E-state index contributed by atoms with van der Waals surface area (Å²) in [5.41, 5.74) is 0.797. The second-order valence-electron chi connectivity index (χ2n) is 6.07. The fraction of sp³-hybridized carbons (Fsp3) is 0.600. The van der Waals surface area contributed by atoms with E-state index in [0.29, 0.717) is 11.6 Å².